The molecule has 0 aromatic heterocycles. The first-order valence-corrected chi connectivity index (χ1v) is 7.97. The van der Waals surface area contributed by atoms with Gasteiger partial charge in [0, 0.05) is 24.6 Å². The van der Waals surface area contributed by atoms with E-state index in [0.717, 1.165) is 6.26 Å². The summed E-state index contributed by atoms with van der Waals surface area (Å²) >= 11 is 0. The molecule has 0 radical (unpaired) electrons. The Morgan fingerprint density at radius 2 is 1.95 bits per heavy atom. The Kier molecular flexibility index (Phi) is 4.62. The number of nitrogens with two attached hydrogens (primary N) is 1. The van der Waals surface area contributed by atoms with Crippen molar-refractivity contribution >= 4 is 27.3 Å². The molecule has 116 valence electrons. The predicted molar refractivity (Wildman–Crippen MR) is 81.3 cm³/mol. The van der Waals surface area contributed by atoms with Crippen molar-refractivity contribution in [1.29, 1.82) is 0 Å². The van der Waals surface area contributed by atoms with Crippen LogP contribution < -0.4 is 10.6 Å². The van der Waals surface area contributed by atoms with Gasteiger partial charge in [-0.25, -0.2) is 8.42 Å². The number of carbonyl (C=O) groups excluding carboxylic acids is 1. The van der Waals surface area contributed by atoms with Crippen molar-refractivity contribution in [3.8, 4) is 0 Å². The molecule has 1 aromatic carbocycles. The van der Waals surface area contributed by atoms with Gasteiger partial charge in [0.05, 0.1) is 0 Å². The molecule has 0 bridgehead atoms. The van der Waals surface area contributed by atoms with Crippen LogP contribution in [0.5, 0.6) is 0 Å². The molecule has 0 saturated heterocycles. The fourth-order valence-corrected chi connectivity index (χ4v) is 2.07. The van der Waals surface area contributed by atoms with Crippen LogP contribution in [0, 0.1) is 0 Å². The highest BCUT2D eigenvalue weighted by molar-refractivity contribution is 7.92. The average molecular weight is 313 g/mol. The van der Waals surface area contributed by atoms with Crippen molar-refractivity contribution in [3.05, 3.63) is 29.8 Å². The van der Waals surface area contributed by atoms with Crippen molar-refractivity contribution in [2.45, 2.75) is 18.6 Å². The lowest BCUT2D eigenvalue weighted by Crippen LogP contribution is -2.48. The van der Waals surface area contributed by atoms with Crippen LogP contribution >= 0.6 is 0 Å². The lowest BCUT2D eigenvalue weighted by atomic mass is 10.1. The molecule has 3 N–H and O–H groups in total. The summed E-state index contributed by atoms with van der Waals surface area (Å²) in [4.78, 5) is 13.6. The molecule has 21 heavy (non-hydrogen) atoms. The van der Waals surface area contributed by atoms with Gasteiger partial charge in [-0.15, -0.1) is 0 Å². The molecule has 0 heterocycles. The van der Waals surface area contributed by atoms with Gasteiger partial charge < -0.3 is 15.8 Å². The molecule has 0 spiro atoms. The van der Waals surface area contributed by atoms with Gasteiger partial charge in [0.15, 0.2) is 15.7 Å². The molecular weight excluding hydrogens is 294 g/mol. The quantitative estimate of drug-likeness (QED) is 0.365. The van der Waals surface area contributed by atoms with E-state index in [1.807, 2.05) is 0 Å². The van der Waals surface area contributed by atoms with E-state index < -0.39 is 20.5 Å². The number of carbonyl (C=O) groups is 1. The van der Waals surface area contributed by atoms with Crippen LogP contribution in [0.25, 0.3) is 0 Å². The van der Waals surface area contributed by atoms with Crippen LogP contribution in [-0.2, 0) is 14.6 Å². The lowest BCUT2D eigenvalue weighted by Gasteiger charge is -2.28. The van der Waals surface area contributed by atoms with Crippen LogP contribution in [0.15, 0.2) is 29.4 Å². The zero-order valence-electron chi connectivity index (χ0n) is 12.4. The second kappa shape index (κ2) is 5.72. The number of rotatable bonds is 4. The number of amides is 1. The summed E-state index contributed by atoms with van der Waals surface area (Å²) in [6.45, 7) is 2.71. The number of hydrogen-bond donors (Lipinski definition) is 2. The number of sulfone groups is 1. The van der Waals surface area contributed by atoms with E-state index in [1.165, 1.54) is 31.9 Å². The maximum absolute atomic E-state index is 12.4. The highest BCUT2D eigenvalue weighted by atomic mass is 32.2. The van der Waals surface area contributed by atoms with E-state index in [0.29, 0.717) is 11.3 Å². The topological polar surface area (TPSA) is 113 Å². The van der Waals surface area contributed by atoms with Crippen LogP contribution in [0.1, 0.15) is 19.4 Å². The van der Waals surface area contributed by atoms with E-state index >= 15 is 0 Å². The Morgan fingerprint density at radius 1 is 1.38 bits per heavy atom. The predicted octanol–water partition coefficient (Wildman–Crippen LogP) is 0.567. The zero-order valence-corrected chi connectivity index (χ0v) is 13.2. The zero-order chi connectivity index (χ0) is 16.4. The van der Waals surface area contributed by atoms with Gasteiger partial charge in [0.1, 0.15) is 4.75 Å². The second-order valence-electron chi connectivity index (χ2n) is 5.18. The highest BCUT2D eigenvalue weighted by Crippen LogP contribution is 2.23. The Balaban J connectivity index is 3.21. The summed E-state index contributed by atoms with van der Waals surface area (Å²) in [6.07, 6.45) is 1.02. The lowest BCUT2D eigenvalue weighted by molar-refractivity contribution is -0.120. The molecule has 0 aliphatic heterocycles. The maximum atomic E-state index is 12.4. The molecule has 0 atom stereocenters. The summed E-state index contributed by atoms with van der Waals surface area (Å²) < 4.78 is 21.9. The molecule has 1 amide bonds. The fraction of sp³-hybridized carbons (Fsp3) is 0.385. The number of anilines is 1. The van der Waals surface area contributed by atoms with Crippen molar-refractivity contribution in [1.82, 2.24) is 0 Å². The maximum Gasteiger partial charge on any atom is 0.247 e. The molecule has 1 rings (SSSR count). The van der Waals surface area contributed by atoms with Crippen LogP contribution in [0.2, 0.25) is 0 Å². The first kappa shape index (κ1) is 17.0. The minimum atomic E-state index is -3.57. The smallest absolute Gasteiger partial charge is 0.247 e. The Morgan fingerprint density at radius 3 is 2.43 bits per heavy atom. The third kappa shape index (κ3) is 3.33. The normalized spacial score (nSPS) is 13.0. The summed E-state index contributed by atoms with van der Waals surface area (Å²) in [7, 11) is -2.09. The fourth-order valence-electron chi connectivity index (χ4n) is 1.61. The van der Waals surface area contributed by atoms with Gasteiger partial charge >= 0.3 is 0 Å². The molecule has 0 aliphatic carbocycles. The second-order valence-corrected chi connectivity index (χ2v) is 7.75. The molecule has 7 nitrogen and oxygen atoms in total. The van der Waals surface area contributed by atoms with Crippen LogP contribution in [-0.4, -0.2) is 43.4 Å². The summed E-state index contributed by atoms with van der Waals surface area (Å²) in [5.41, 5.74) is 6.36. The summed E-state index contributed by atoms with van der Waals surface area (Å²) in [5.74, 6) is -0.665. The van der Waals surface area contributed by atoms with E-state index in [-0.39, 0.29) is 5.84 Å². The van der Waals surface area contributed by atoms with Crippen LogP contribution in [0.4, 0.5) is 5.69 Å². The highest BCUT2D eigenvalue weighted by Gasteiger charge is 2.40. The first-order valence-electron chi connectivity index (χ1n) is 6.08. The third-order valence-corrected chi connectivity index (χ3v) is 5.41. The van der Waals surface area contributed by atoms with E-state index in [9.17, 15) is 13.2 Å². The number of oxime groups is 1. The molecule has 0 fully saturated rings. The molecule has 1 aromatic rings. The molecule has 0 saturated carbocycles. The number of benzene rings is 1. The Bertz CT molecular complexity index is 680. The van der Waals surface area contributed by atoms with E-state index in [4.69, 9.17) is 10.9 Å². The van der Waals surface area contributed by atoms with Crippen molar-refractivity contribution in [2.75, 3.05) is 18.2 Å². The van der Waals surface area contributed by atoms with Gasteiger partial charge in [-0.2, -0.15) is 0 Å². The largest absolute Gasteiger partial charge is 0.409 e. The van der Waals surface area contributed by atoms with Gasteiger partial charge in [-0.05, 0) is 26.0 Å². The molecule has 8 heteroatoms. The van der Waals surface area contributed by atoms with Crippen molar-refractivity contribution < 1.29 is 18.4 Å². The first-order chi connectivity index (χ1) is 9.52. The third-order valence-electron chi connectivity index (χ3n) is 3.38. The van der Waals surface area contributed by atoms with Gasteiger partial charge in [0.25, 0.3) is 0 Å². The molecule has 0 unspecified atom stereocenters. The Hall–Kier alpha value is -2.09. The summed E-state index contributed by atoms with van der Waals surface area (Å²) in [6, 6.07) is 6.40. The van der Waals surface area contributed by atoms with Crippen molar-refractivity contribution in [2.24, 2.45) is 10.9 Å². The van der Waals surface area contributed by atoms with Crippen molar-refractivity contribution in [3.63, 3.8) is 0 Å². The molecule has 0 aliphatic rings. The minimum absolute atomic E-state index is 0.0972. The summed E-state index contributed by atoms with van der Waals surface area (Å²) in [5, 5.41) is 11.6. The molecular formula is C13H19N3O4S. The van der Waals surface area contributed by atoms with Gasteiger partial charge in [-0.3, -0.25) is 4.79 Å². The van der Waals surface area contributed by atoms with Gasteiger partial charge in [0.2, 0.25) is 5.91 Å². The standard InChI is InChI=1S/C13H19N3O4S/c1-13(2,21(4,19)20)12(17)16(3)10-7-5-6-9(8-10)11(14)15-18/h5-8,18H,1-4H3,(H2,14,15). The minimum Gasteiger partial charge on any atom is -0.409 e. The number of nitrogens with zero attached hydrogens (tertiary/aromatic N) is 2. The number of amidine groups is 1. The monoisotopic (exact) mass is 313 g/mol. The Labute approximate surface area is 124 Å². The SMILES string of the molecule is CN(C(=O)C(C)(C)S(C)(=O)=O)c1cccc(C(N)=NO)c1. The van der Waals surface area contributed by atoms with E-state index in [1.54, 1.807) is 18.2 Å². The van der Waals surface area contributed by atoms with E-state index in [2.05, 4.69) is 5.16 Å². The average Bonchev–Trinajstić information content (AvgIpc) is 2.43. The number of hydrogen-bond acceptors (Lipinski definition) is 5. The van der Waals surface area contributed by atoms with Gasteiger partial charge in [-0.1, -0.05) is 17.3 Å². The van der Waals surface area contributed by atoms with Crippen LogP contribution in [0.3, 0.4) is 0 Å².